The molecule has 334 valence electrons. The number of Topliss-reactive ketones (excluding diaryl/α,β-unsaturated/α-hetero) is 1. The number of rotatable bonds is 21. The molecule has 0 saturated heterocycles. The molecule has 1 aliphatic carbocycles. The van der Waals surface area contributed by atoms with E-state index in [-0.39, 0.29) is 32.2 Å². The van der Waals surface area contributed by atoms with E-state index in [0.717, 1.165) is 56.4 Å². The van der Waals surface area contributed by atoms with Crippen LogP contribution in [-0.2, 0) is 45.2 Å². The predicted octanol–water partition coefficient (Wildman–Crippen LogP) is 10.5. The average molecular weight is 887 g/mol. The first-order valence-electron chi connectivity index (χ1n) is 21.3. The van der Waals surface area contributed by atoms with E-state index in [9.17, 15) is 0 Å². The van der Waals surface area contributed by atoms with Crippen LogP contribution in [0.2, 0.25) is 5.02 Å². The molecule has 0 N–H and O–H groups in total. The van der Waals surface area contributed by atoms with Gasteiger partial charge in [-0.15, -0.1) is 0 Å². The lowest BCUT2D eigenvalue weighted by atomic mass is 9.71. The third-order valence-corrected chi connectivity index (χ3v) is 11.7. The minimum atomic E-state index is -0.864. The molecule has 0 bridgehead atoms. The Bertz CT molecular complexity index is 2370. The summed E-state index contributed by atoms with van der Waals surface area (Å²) in [6.45, 7) is 3.24. The van der Waals surface area contributed by atoms with Gasteiger partial charge in [0.15, 0.2) is 5.78 Å². The maximum absolute atomic E-state index is 15.6. The van der Waals surface area contributed by atoms with Crippen molar-refractivity contribution in [2.45, 2.75) is 57.4 Å². The molecule has 0 radical (unpaired) electrons. The van der Waals surface area contributed by atoms with Crippen molar-refractivity contribution in [1.29, 1.82) is 0 Å². The van der Waals surface area contributed by atoms with Crippen LogP contribution in [0.25, 0.3) is 0 Å². The van der Waals surface area contributed by atoms with Gasteiger partial charge in [0.05, 0.1) is 79.4 Å². The van der Waals surface area contributed by atoms with Crippen LogP contribution >= 0.6 is 11.6 Å². The second-order valence-corrected chi connectivity index (χ2v) is 15.9. The van der Waals surface area contributed by atoms with Gasteiger partial charge in [-0.3, -0.25) is 4.79 Å². The standard InChI is InChI=1S/C53H55ClO10/c1-6-61-45-22-7-35(8-23-45)29-40-30-39(15-28-48(40)54)49-50(55)47(34-60-31-36-9-16-41(56-2)17-10-36)51(62-32-37-11-18-42(57-3)19-12-37)53(63-33-38-13-20-43(58-4)21-14-38)52(49)64-46-26-24-44(59-5)25-27-46/h7-28,30,47,49,51-53H,6,29,31-34H2,1-5H3/t47-,49+,51+,52-,53-/m0/s1. The van der Waals surface area contributed by atoms with Crippen LogP contribution in [0.1, 0.15) is 46.2 Å². The van der Waals surface area contributed by atoms with Crippen LogP contribution in [0.15, 0.2) is 140 Å². The molecule has 5 atom stereocenters. The van der Waals surface area contributed by atoms with E-state index in [2.05, 4.69) is 0 Å². The van der Waals surface area contributed by atoms with E-state index in [1.165, 1.54) is 0 Å². The largest absolute Gasteiger partial charge is 0.497 e. The maximum Gasteiger partial charge on any atom is 0.152 e. The summed E-state index contributed by atoms with van der Waals surface area (Å²) in [5.74, 6) is 2.49. The van der Waals surface area contributed by atoms with Gasteiger partial charge in [-0.25, -0.2) is 0 Å². The van der Waals surface area contributed by atoms with Crippen molar-refractivity contribution < 1.29 is 47.4 Å². The zero-order valence-electron chi connectivity index (χ0n) is 36.9. The number of hydrogen-bond acceptors (Lipinski definition) is 10. The first-order chi connectivity index (χ1) is 31.3. The van der Waals surface area contributed by atoms with E-state index in [4.69, 9.17) is 54.2 Å². The van der Waals surface area contributed by atoms with E-state index < -0.39 is 30.1 Å². The van der Waals surface area contributed by atoms with Gasteiger partial charge in [0.25, 0.3) is 0 Å². The second-order valence-electron chi connectivity index (χ2n) is 15.5. The van der Waals surface area contributed by atoms with Crippen LogP contribution in [0.5, 0.6) is 34.5 Å². The summed E-state index contributed by atoms with van der Waals surface area (Å²) < 4.78 is 54.8. The van der Waals surface area contributed by atoms with Gasteiger partial charge < -0.3 is 42.6 Å². The highest BCUT2D eigenvalue weighted by molar-refractivity contribution is 6.31. The van der Waals surface area contributed by atoms with Gasteiger partial charge in [-0.2, -0.15) is 0 Å². The highest BCUT2D eigenvalue weighted by atomic mass is 35.5. The quantitative estimate of drug-likeness (QED) is 0.0695. The smallest absolute Gasteiger partial charge is 0.152 e. The molecule has 10 nitrogen and oxygen atoms in total. The first-order valence-corrected chi connectivity index (χ1v) is 21.7. The lowest BCUT2D eigenvalue weighted by Gasteiger charge is -2.45. The molecule has 0 heterocycles. The summed E-state index contributed by atoms with van der Waals surface area (Å²) >= 11 is 6.94. The number of halogens is 1. The van der Waals surface area contributed by atoms with E-state index in [1.807, 2.05) is 146 Å². The molecule has 64 heavy (non-hydrogen) atoms. The number of methoxy groups -OCH3 is 4. The fourth-order valence-corrected chi connectivity index (χ4v) is 8.09. The van der Waals surface area contributed by atoms with Crippen molar-refractivity contribution in [3.05, 3.63) is 178 Å². The number of ketones is 1. The summed E-state index contributed by atoms with van der Waals surface area (Å²) in [5, 5.41) is 0.584. The monoisotopic (exact) mass is 886 g/mol. The van der Waals surface area contributed by atoms with E-state index in [1.54, 1.807) is 28.4 Å². The Morgan fingerprint density at radius 3 is 1.47 bits per heavy atom. The summed E-state index contributed by atoms with van der Waals surface area (Å²) in [6, 6.07) is 44.1. The lowest BCUT2D eigenvalue weighted by molar-refractivity contribution is -0.185. The summed E-state index contributed by atoms with van der Waals surface area (Å²) in [4.78, 5) is 15.6. The molecule has 0 amide bonds. The van der Waals surface area contributed by atoms with Gasteiger partial charge >= 0.3 is 0 Å². The normalized spacial score (nSPS) is 18.3. The third-order valence-electron chi connectivity index (χ3n) is 11.4. The summed E-state index contributed by atoms with van der Waals surface area (Å²) in [6.07, 6.45) is -1.93. The van der Waals surface area contributed by atoms with E-state index in [0.29, 0.717) is 29.5 Å². The minimum Gasteiger partial charge on any atom is -0.497 e. The van der Waals surface area contributed by atoms with Gasteiger partial charge in [-0.05, 0) is 126 Å². The van der Waals surface area contributed by atoms with Crippen LogP contribution in [0.3, 0.4) is 0 Å². The number of carbonyl (C=O) groups excluding carboxylic acids is 1. The Morgan fingerprint density at radius 1 is 0.500 bits per heavy atom. The number of carbonyl (C=O) groups is 1. The molecule has 0 aliphatic heterocycles. The second kappa shape index (κ2) is 22.5. The topological polar surface area (TPSA) is 100 Å². The zero-order valence-corrected chi connectivity index (χ0v) is 37.6. The van der Waals surface area contributed by atoms with Gasteiger partial charge in [0.1, 0.15) is 46.7 Å². The summed E-state index contributed by atoms with van der Waals surface area (Å²) in [5.41, 5.74) is 5.37. The van der Waals surface area contributed by atoms with Crippen LogP contribution in [0.4, 0.5) is 0 Å². The van der Waals surface area contributed by atoms with Gasteiger partial charge in [-0.1, -0.05) is 72.3 Å². The van der Waals surface area contributed by atoms with Crippen molar-refractivity contribution in [2.75, 3.05) is 41.7 Å². The highest BCUT2D eigenvalue weighted by Crippen LogP contribution is 2.42. The Kier molecular flexibility index (Phi) is 16.2. The Morgan fingerprint density at radius 2 is 0.953 bits per heavy atom. The Balaban J connectivity index is 1.31. The zero-order chi connectivity index (χ0) is 44.8. The molecule has 7 rings (SSSR count). The molecule has 0 aromatic heterocycles. The molecule has 6 aromatic rings. The molecule has 11 heteroatoms. The van der Waals surface area contributed by atoms with Crippen molar-refractivity contribution in [3.8, 4) is 34.5 Å². The maximum atomic E-state index is 15.6. The molecule has 1 aliphatic rings. The summed E-state index contributed by atoms with van der Waals surface area (Å²) in [7, 11) is 6.50. The number of ether oxygens (including phenoxy) is 9. The Hall–Kier alpha value is -6.04. The lowest BCUT2D eigenvalue weighted by Crippen LogP contribution is -2.60. The van der Waals surface area contributed by atoms with Crippen molar-refractivity contribution >= 4 is 17.4 Å². The fourth-order valence-electron chi connectivity index (χ4n) is 7.91. The molecule has 1 fully saturated rings. The van der Waals surface area contributed by atoms with E-state index >= 15 is 4.79 Å². The highest BCUT2D eigenvalue weighted by Gasteiger charge is 2.54. The van der Waals surface area contributed by atoms with Crippen LogP contribution < -0.4 is 28.4 Å². The Labute approximate surface area is 380 Å². The molecular formula is C53H55ClO10. The number of hydrogen-bond donors (Lipinski definition) is 0. The van der Waals surface area contributed by atoms with Crippen LogP contribution in [-0.4, -0.2) is 65.7 Å². The molecule has 0 spiro atoms. The van der Waals surface area contributed by atoms with Gasteiger partial charge in [0.2, 0.25) is 0 Å². The third kappa shape index (κ3) is 11.7. The number of benzene rings is 6. The molecule has 6 aromatic carbocycles. The predicted molar refractivity (Wildman–Crippen MR) is 246 cm³/mol. The van der Waals surface area contributed by atoms with Gasteiger partial charge in [0, 0.05) is 5.02 Å². The molecule has 0 unspecified atom stereocenters. The van der Waals surface area contributed by atoms with Crippen molar-refractivity contribution in [2.24, 2.45) is 5.92 Å². The minimum absolute atomic E-state index is 0.0545. The average Bonchev–Trinajstić information content (AvgIpc) is 3.33. The van der Waals surface area contributed by atoms with Crippen LogP contribution in [0, 0.1) is 5.92 Å². The first kappa shape index (κ1) is 46.0. The van der Waals surface area contributed by atoms with Crippen molar-refractivity contribution in [1.82, 2.24) is 0 Å². The SMILES string of the molecule is CCOc1ccc(Cc2cc([C@@H]3C(=O)[C@H](COCc4ccc(OC)cc4)[C@@H](OCc4ccc(OC)cc4)[C@H](OCc4ccc(OC)cc4)[C@H]3Oc3ccc(OC)cc3)ccc2Cl)cc1. The molecule has 1 saturated carbocycles. The van der Waals surface area contributed by atoms with Crippen molar-refractivity contribution in [3.63, 3.8) is 0 Å². The molecular weight excluding hydrogens is 832 g/mol. The fraction of sp³-hybridized carbons (Fsp3) is 0.302.